The predicted octanol–water partition coefficient (Wildman–Crippen LogP) is 3.55. The molecule has 128 valence electrons. The van der Waals surface area contributed by atoms with Crippen LogP contribution in [0.1, 0.15) is 29.1 Å². The number of aromatic hydroxyl groups is 1. The molecule has 6 nitrogen and oxygen atoms in total. The SMILES string of the molecule is Cc1noc(C)c1-c1c(-c2ccc(O)cc2)c2c(n1C(N)=O)CCC2. The molecule has 6 heteroatoms. The third-order valence-corrected chi connectivity index (χ3v) is 4.87. The van der Waals surface area contributed by atoms with Gasteiger partial charge in [-0.25, -0.2) is 4.79 Å². The number of fused-ring (bicyclic) bond motifs is 1. The van der Waals surface area contributed by atoms with Gasteiger partial charge in [0.25, 0.3) is 0 Å². The minimum atomic E-state index is -0.502. The Labute approximate surface area is 144 Å². The highest BCUT2D eigenvalue weighted by Gasteiger charge is 2.32. The quantitative estimate of drug-likeness (QED) is 0.747. The molecule has 0 bridgehead atoms. The Morgan fingerprint density at radius 2 is 1.92 bits per heavy atom. The molecule has 0 saturated heterocycles. The third kappa shape index (κ3) is 2.25. The first-order chi connectivity index (χ1) is 12.0. The van der Waals surface area contributed by atoms with Gasteiger partial charge in [-0.1, -0.05) is 17.3 Å². The van der Waals surface area contributed by atoms with Gasteiger partial charge in [-0.2, -0.15) is 0 Å². The van der Waals surface area contributed by atoms with Crippen LogP contribution in [0.25, 0.3) is 22.4 Å². The Morgan fingerprint density at radius 1 is 1.20 bits per heavy atom. The zero-order chi connectivity index (χ0) is 17.7. The molecule has 25 heavy (non-hydrogen) atoms. The Kier molecular flexibility index (Phi) is 3.42. The van der Waals surface area contributed by atoms with Crippen molar-refractivity contribution in [1.29, 1.82) is 0 Å². The fourth-order valence-electron chi connectivity index (χ4n) is 3.87. The molecule has 3 N–H and O–H groups in total. The number of benzene rings is 1. The monoisotopic (exact) mass is 337 g/mol. The van der Waals surface area contributed by atoms with Crippen molar-refractivity contribution >= 4 is 6.03 Å². The first-order valence-corrected chi connectivity index (χ1v) is 8.28. The number of nitrogens with two attached hydrogens (primary N) is 1. The van der Waals surface area contributed by atoms with Crippen molar-refractivity contribution in [2.24, 2.45) is 5.73 Å². The highest BCUT2D eigenvalue weighted by molar-refractivity contribution is 5.94. The van der Waals surface area contributed by atoms with Crippen molar-refractivity contribution < 1.29 is 14.4 Å². The van der Waals surface area contributed by atoms with Crippen LogP contribution in [0.5, 0.6) is 5.75 Å². The van der Waals surface area contributed by atoms with Crippen LogP contribution in [0.15, 0.2) is 28.8 Å². The number of nitrogens with zero attached hydrogens (tertiary/aromatic N) is 2. The predicted molar refractivity (Wildman–Crippen MR) is 93.5 cm³/mol. The average Bonchev–Trinajstić information content (AvgIpc) is 3.22. The number of phenols is 1. The Balaban J connectivity index is 2.11. The van der Waals surface area contributed by atoms with E-state index in [4.69, 9.17) is 10.3 Å². The summed E-state index contributed by atoms with van der Waals surface area (Å²) in [5, 5.41) is 13.7. The van der Waals surface area contributed by atoms with Gasteiger partial charge in [0.05, 0.1) is 17.0 Å². The topological polar surface area (TPSA) is 94.3 Å². The van der Waals surface area contributed by atoms with E-state index >= 15 is 0 Å². The summed E-state index contributed by atoms with van der Waals surface area (Å²) in [4.78, 5) is 12.3. The van der Waals surface area contributed by atoms with E-state index in [-0.39, 0.29) is 5.75 Å². The summed E-state index contributed by atoms with van der Waals surface area (Å²) < 4.78 is 6.95. The molecule has 4 rings (SSSR count). The van der Waals surface area contributed by atoms with E-state index in [1.54, 1.807) is 16.7 Å². The zero-order valence-electron chi connectivity index (χ0n) is 14.2. The van der Waals surface area contributed by atoms with E-state index in [1.165, 1.54) is 0 Å². The van der Waals surface area contributed by atoms with Crippen molar-refractivity contribution in [2.75, 3.05) is 0 Å². The van der Waals surface area contributed by atoms with Gasteiger partial charge >= 0.3 is 6.03 Å². The number of hydrogen-bond donors (Lipinski definition) is 2. The summed E-state index contributed by atoms with van der Waals surface area (Å²) in [6.45, 7) is 3.69. The molecule has 3 aromatic rings. The molecule has 1 aromatic carbocycles. The van der Waals surface area contributed by atoms with Crippen LogP contribution in [0, 0.1) is 13.8 Å². The van der Waals surface area contributed by atoms with Gasteiger partial charge in [-0.3, -0.25) is 4.57 Å². The molecule has 0 atom stereocenters. The van der Waals surface area contributed by atoms with E-state index in [2.05, 4.69) is 5.16 Å². The number of aromatic nitrogens is 2. The molecule has 0 spiro atoms. The highest BCUT2D eigenvalue weighted by Crippen LogP contribution is 2.44. The van der Waals surface area contributed by atoms with E-state index < -0.39 is 6.03 Å². The van der Waals surface area contributed by atoms with Crippen LogP contribution >= 0.6 is 0 Å². The summed E-state index contributed by atoms with van der Waals surface area (Å²) in [5.41, 5.74) is 12.0. The van der Waals surface area contributed by atoms with Crippen LogP contribution in [0.4, 0.5) is 4.79 Å². The van der Waals surface area contributed by atoms with Crippen molar-refractivity contribution in [3.63, 3.8) is 0 Å². The number of rotatable bonds is 2. The average molecular weight is 337 g/mol. The Hall–Kier alpha value is -3.02. The van der Waals surface area contributed by atoms with E-state index in [0.29, 0.717) is 5.76 Å². The summed E-state index contributed by atoms with van der Waals surface area (Å²) in [5.74, 6) is 0.852. The second-order valence-corrected chi connectivity index (χ2v) is 6.42. The number of carbonyl (C=O) groups is 1. The largest absolute Gasteiger partial charge is 0.508 e. The Bertz CT molecular complexity index is 961. The summed E-state index contributed by atoms with van der Waals surface area (Å²) in [7, 11) is 0. The number of primary amides is 1. The van der Waals surface area contributed by atoms with E-state index in [0.717, 1.165) is 58.6 Å². The minimum Gasteiger partial charge on any atom is -0.508 e. The fraction of sp³-hybridized carbons (Fsp3) is 0.263. The Morgan fingerprint density at radius 3 is 2.52 bits per heavy atom. The maximum Gasteiger partial charge on any atom is 0.323 e. The molecule has 0 saturated carbocycles. The number of aryl methyl sites for hydroxylation is 2. The summed E-state index contributed by atoms with van der Waals surface area (Å²) >= 11 is 0. The van der Waals surface area contributed by atoms with Gasteiger partial charge in [0, 0.05) is 11.3 Å². The summed E-state index contributed by atoms with van der Waals surface area (Å²) in [6, 6.07) is 6.51. The third-order valence-electron chi connectivity index (χ3n) is 4.87. The second kappa shape index (κ2) is 5.51. The molecule has 0 radical (unpaired) electrons. The lowest BCUT2D eigenvalue weighted by Gasteiger charge is -2.11. The molecule has 0 aliphatic heterocycles. The lowest BCUT2D eigenvalue weighted by Crippen LogP contribution is -2.22. The zero-order valence-corrected chi connectivity index (χ0v) is 14.2. The number of hydrogen-bond acceptors (Lipinski definition) is 4. The van der Waals surface area contributed by atoms with Crippen molar-refractivity contribution in [2.45, 2.75) is 33.1 Å². The molecule has 2 heterocycles. The first-order valence-electron chi connectivity index (χ1n) is 8.28. The number of amides is 1. The number of carbonyl (C=O) groups excluding carboxylic acids is 1. The first kappa shape index (κ1) is 15.5. The van der Waals surface area contributed by atoms with E-state index in [9.17, 15) is 9.90 Å². The lowest BCUT2D eigenvalue weighted by atomic mass is 9.96. The van der Waals surface area contributed by atoms with Crippen LogP contribution in [-0.2, 0) is 12.8 Å². The molecular weight excluding hydrogens is 318 g/mol. The molecule has 2 aromatic heterocycles. The van der Waals surface area contributed by atoms with Gasteiger partial charge in [0.2, 0.25) is 0 Å². The van der Waals surface area contributed by atoms with Crippen molar-refractivity contribution in [3.8, 4) is 28.1 Å². The maximum absolute atomic E-state index is 12.3. The van der Waals surface area contributed by atoms with Gasteiger partial charge < -0.3 is 15.4 Å². The second-order valence-electron chi connectivity index (χ2n) is 6.42. The molecule has 1 amide bonds. The fourth-order valence-corrected chi connectivity index (χ4v) is 3.87. The van der Waals surface area contributed by atoms with Crippen molar-refractivity contribution in [3.05, 3.63) is 47.0 Å². The molecule has 0 fully saturated rings. The highest BCUT2D eigenvalue weighted by atomic mass is 16.5. The smallest absolute Gasteiger partial charge is 0.323 e. The normalized spacial score (nSPS) is 13.2. The van der Waals surface area contributed by atoms with Crippen LogP contribution in [0.3, 0.4) is 0 Å². The molecule has 1 aliphatic carbocycles. The van der Waals surface area contributed by atoms with Gasteiger partial charge in [0.1, 0.15) is 11.5 Å². The standard InChI is InChI=1S/C19H19N3O3/c1-10-16(11(2)25-21-10)18-17(12-6-8-13(23)9-7-12)14-4-3-5-15(14)22(18)19(20)24/h6-9,23H,3-5H2,1-2H3,(H2,20,24). The van der Waals surface area contributed by atoms with Crippen LogP contribution in [0.2, 0.25) is 0 Å². The summed E-state index contributed by atoms with van der Waals surface area (Å²) in [6.07, 6.45) is 2.69. The lowest BCUT2D eigenvalue weighted by molar-refractivity contribution is 0.250. The van der Waals surface area contributed by atoms with E-state index in [1.807, 2.05) is 26.0 Å². The molecule has 1 aliphatic rings. The van der Waals surface area contributed by atoms with Crippen LogP contribution in [-0.4, -0.2) is 20.9 Å². The van der Waals surface area contributed by atoms with Gasteiger partial charge in [-0.05, 0) is 56.4 Å². The van der Waals surface area contributed by atoms with Gasteiger partial charge in [-0.15, -0.1) is 0 Å². The van der Waals surface area contributed by atoms with Gasteiger partial charge in [0.15, 0.2) is 0 Å². The van der Waals surface area contributed by atoms with Crippen molar-refractivity contribution in [1.82, 2.24) is 9.72 Å². The molecular formula is C19H19N3O3. The number of phenolic OH excluding ortho intramolecular Hbond substituents is 1. The minimum absolute atomic E-state index is 0.202. The van der Waals surface area contributed by atoms with Crippen LogP contribution < -0.4 is 5.73 Å². The molecule has 0 unspecified atom stereocenters. The maximum atomic E-state index is 12.3.